The number of carbonyl (C=O) groups is 2. The number of hydrogen-bond acceptors (Lipinski definition) is 16. The van der Waals surface area contributed by atoms with Gasteiger partial charge in [-0.05, 0) is 68.3 Å². The van der Waals surface area contributed by atoms with Gasteiger partial charge in [-0.25, -0.2) is 9.97 Å². The highest BCUT2D eigenvalue weighted by atomic mass is 16.2. The first-order valence-corrected chi connectivity index (χ1v) is 20.7. The minimum atomic E-state index is -0.170. The molecule has 2 saturated heterocycles. The van der Waals surface area contributed by atoms with E-state index in [1.165, 1.54) is 12.8 Å². The summed E-state index contributed by atoms with van der Waals surface area (Å²) in [5.41, 5.74) is 0.984. The fourth-order valence-electron chi connectivity index (χ4n) is 7.27. The second kappa shape index (κ2) is 17.9. The topological polar surface area (TPSA) is 198 Å². The summed E-state index contributed by atoms with van der Waals surface area (Å²) < 4.78 is 0. The Labute approximate surface area is 339 Å². The molecule has 18 nitrogen and oxygen atoms in total. The summed E-state index contributed by atoms with van der Waals surface area (Å²) >= 11 is 0. The lowest BCUT2D eigenvalue weighted by molar-refractivity contribution is 0.0943. The molecule has 4 aromatic rings. The molecule has 4 aliphatic rings. The Hall–Kier alpha value is -5.62. The highest BCUT2D eigenvalue weighted by molar-refractivity contribution is 5.99. The van der Waals surface area contributed by atoms with Crippen molar-refractivity contribution in [1.29, 1.82) is 0 Å². The van der Waals surface area contributed by atoms with Crippen LogP contribution in [-0.4, -0.2) is 141 Å². The fourth-order valence-corrected chi connectivity index (χ4v) is 7.27. The van der Waals surface area contributed by atoms with Gasteiger partial charge in [0, 0.05) is 97.2 Å². The minimum absolute atomic E-state index is 0.105. The monoisotopic (exact) mass is 790 g/mol. The Balaban J connectivity index is 0.800. The summed E-state index contributed by atoms with van der Waals surface area (Å²) in [6.07, 6.45) is 8.04. The summed E-state index contributed by atoms with van der Waals surface area (Å²) in [5.74, 6) is 5.81. The molecule has 4 fully saturated rings. The Morgan fingerprint density at radius 3 is 2.00 bits per heavy atom. The van der Waals surface area contributed by atoms with Gasteiger partial charge in [-0.3, -0.25) is 14.5 Å². The largest absolute Gasteiger partial charge is 0.352 e. The molecule has 2 atom stereocenters. The molecule has 4 N–H and O–H groups in total. The van der Waals surface area contributed by atoms with E-state index in [2.05, 4.69) is 72.8 Å². The Kier molecular flexibility index (Phi) is 12.1. The molecule has 0 spiro atoms. The maximum Gasteiger partial charge on any atom is 0.255 e. The molecular weight excluding hydrogens is 737 g/mol. The maximum atomic E-state index is 13.5. The van der Waals surface area contributed by atoms with E-state index in [1.54, 1.807) is 36.7 Å². The molecule has 58 heavy (non-hydrogen) atoms. The molecule has 306 valence electrons. The van der Waals surface area contributed by atoms with Crippen LogP contribution in [0.5, 0.6) is 0 Å². The van der Waals surface area contributed by atoms with Gasteiger partial charge in [0.1, 0.15) is 23.3 Å². The number of likely N-dealkylation sites (N-methyl/N-ethyl adjacent to an activating group) is 1. The smallest absolute Gasteiger partial charge is 0.255 e. The number of aromatic nitrogens is 8. The molecule has 18 heteroatoms. The number of amides is 2. The number of carbonyl (C=O) groups excluding carboxylic acids is 2. The van der Waals surface area contributed by atoms with Crippen molar-refractivity contribution in [2.24, 2.45) is 17.8 Å². The van der Waals surface area contributed by atoms with E-state index in [1.807, 2.05) is 13.8 Å². The van der Waals surface area contributed by atoms with Crippen molar-refractivity contribution in [2.45, 2.75) is 46.0 Å². The zero-order chi connectivity index (χ0) is 40.0. The van der Waals surface area contributed by atoms with Crippen molar-refractivity contribution in [3.05, 3.63) is 59.4 Å². The number of rotatable bonds is 16. The number of pyridine rings is 2. The third-order valence-corrected chi connectivity index (χ3v) is 11.3. The SMILES string of the molecule is CCc1nc(Nc2ccc(C(=O)NCC3CC3)cn2)nc(N2CCN(CC3CC3CNC(=O)c3cccnc3Nc3nc(CC)nc(N4CCN(C)CC4)n3)CC2)n1. The molecule has 2 aliphatic carbocycles. The summed E-state index contributed by atoms with van der Waals surface area (Å²) in [4.78, 5) is 72.0. The number of aryl methyl sites for hydroxylation is 2. The quantitative estimate of drug-likeness (QED) is 0.129. The van der Waals surface area contributed by atoms with E-state index in [0.717, 1.165) is 71.9 Å². The van der Waals surface area contributed by atoms with Gasteiger partial charge in [-0.1, -0.05) is 13.8 Å². The van der Waals surface area contributed by atoms with Crippen molar-refractivity contribution in [1.82, 2.24) is 60.3 Å². The van der Waals surface area contributed by atoms with Crippen molar-refractivity contribution >= 4 is 47.2 Å². The normalized spacial score (nSPS) is 19.8. The molecule has 2 amide bonds. The predicted octanol–water partition coefficient (Wildman–Crippen LogP) is 2.54. The predicted molar refractivity (Wildman–Crippen MR) is 221 cm³/mol. The molecule has 0 radical (unpaired) electrons. The standard InChI is InChI=1S/C40H54N16O2/c1-4-31-45-37(47-33-11-10-27(23-42-33)35(57)43-22-26-8-9-26)51-39(48-31)56-19-15-54(16-20-56)25-29-21-28(29)24-44-36(58)30-7-6-12-41-34(30)50-38-46-32(5-2)49-40(52-38)55-17-13-53(3)14-18-55/h6-7,10-12,23,26,28-29H,4-5,8-9,13-22,24-25H2,1-3H3,(H,43,57)(H,44,58)(H,41,46,49,50,52)(H,42,45,47,48,51). The van der Waals surface area contributed by atoms with Gasteiger partial charge in [-0.2, -0.15) is 29.9 Å². The first kappa shape index (κ1) is 39.2. The third kappa shape index (κ3) is 10.1. The summed E-state index contributed by atoms with van der Waals surface area (Å²) in [6, 6.07) is 7.08. The number of piperazine rings is 2. The van der Waals surface area contributed by atoms with Crippen LogP contribution in [0.2, 0.25) is 0 Å². The van der Waals surface area contributed by atoms with Crippen LogP contribution in [0.4, 0.5) is 35.4 Å². The molecule has 8 rings (SSSR count). The van der Waals surface area contributed by atoms with Gasteiger partial charge < -0.3 is 36.0 Å². The highest BCUT2D eigenvalue weighted by Crippen LogP contribution is 2.39. The minimum Gasteiger partial charge on any atom is -0.352 e. The number of nitrogens with one attached hydrogen (secondary N) is 4. The fraction of sp³-hybridized carbons (Fsp3) is 0.550. The number of nitrogens with zero attached hydrogens (tertiary/aromatic N) is 12. The van der Waals surface area contributed by atoms with Gasteiger partial charge >= 0.3 is 0 Å². The van der Waals surface area contributed by atoms with E-state index in [0.29, 0.717) is 95.3 Å². The Bertz CT molecular complexity index is 2050. The molecule has 2 aliphatic heterocycles. The molecule has 4 aromatic heterocycles. The van der Waals surface area contributed by atoms with Crippen LogP contribution < -0.4 is 31.1 Å². The first-order valence-electron chi connectivity index (χ1n) is 20.7. The Morgan fingerprint density at radius 1 is 0.707 bits per heavy atom. The van der Waals surface area contributed by atoms with Crippen molar-refractivity contribution in [3.63, 3.8) is 0 Å². The molecular formula is C40H54N16O2. The highest BCUT2D eigenvalue weighted by Gasteiger charge is 2.39. The van der Waals surface area contributed by atoms with Crippen molar-refractivity contribution < 1.29 is 9.59 Å². The van der Waals surface area contributed by atoms with E-state index in [9.17, 15) is 9.59 Å². The lowest BCUT2D eigenvalue weighted by atomic mass is 10.2. The summed E-state index contributed by atoms with van der Waals surface area (Å²) in [6.45, 7) is 13.4. The zero-order valence-electron chi connectivity index (χ0n) is 33.7. The van der Waals surface area contributed by atoms with Crippen LogP contribution in [0, 0.1) is 17.8 Å². The molecule has 0 aromatic carbocycles. The van der Waals surface area contributed by atoms with Gasteiger partial charge in [0.2, 0.25) is 23.8 Å². The second-order valence-corrected chi connectivity index (χ2v) is 15.7. The van der Waals surface area contributed by atoms with Crippen LogP contribution in [0.1, 0.15) is 65.5 Å². The van der Waals surface area contributed by atoms with Crippen LogP contribution in [0.25, 0.3) is 0 Å². The van der Waals surface area contributed by atoms with E-state index in [-0.39, 0.29) is 11.8 Å². The molecule has 2 unspecified atom stereocenters. The van der Waals surface area contributed by atoms with Gasteiger partial charge in [-0.15, -0.1) is 0 Å². The second-order valence-electron chi connectivity index (χ2n) is 15.7. The zero-order valence-corrected chi connectivity index (χ0v) is 33.7. The van der Waals surface area contributed by atoms with Gasteiger partial charge in [0.05, 0.1) is 11.1 Å². The van der Waals surface area contributed by atoms with Gasteiger partial charge in [0.25, 0.3) is 11.8 Å². The summed E-state index contributed by atoms with van der Waals surface area (Å²) in [7, 11) is 2.12. The van der Waals surface area contributed by atoms with Crippen LogP contribution in [-0.2, 0) is 12.8 Å². The lowest BCUT2D eigenvalue weighted by Crippen LogP contribution is -2.47. The Morgan fingerprint density at radius 2 is 1.36 bits per heavy atom. The van der Waals surface area contributed by atoms with Crippen molar-refractivity contribution in [2.75, 3.05) is 99.5 Å². The third-order valence-electron chi connectivity index (χ3n) is 11.3. The lowest BCUT2D eigenvalue weighted by Gasteiger charge is -2.35. The average Bonchev–Trinajstić information content (AvgIpc) is 4.20. The molecule has 0 bridgehead atoms. The van der Waals surface area contributed by atoms with E-state index in [4.69, 9.17) is 15.0 Å². The average molecular weight is 791 g/mol. The van der Waals surface area contributed by atoms with Crippen LogP contribution in [0.3, 0.4) is 0 Å². The summed E-state index contributed by atoms with van der Waals surface area (Å²) in [5, 5.41) is 12.6. The maximum absolute atomic E-state index is 13.5. The van der Waals surface area contributed by atoms with Gasteiger partial charge in [0.15, 0.2) is 0 Å². The number of hydrogen-bond donors (Lipinski definition) is 4. The van der Waals surface area contributed by atoms with E-state index < -0.39 is 0 Å². The number of anilines is 6. The van der Waals surface area contributed by atoms with Crippen LogP contribution in [0.15, 0.2) is 36.7 Å². The van der Waals surface area contributed by atoms with Crippen molar-refractivity contribution in [3.8, 4) is 0 Å². The first-order chi connectivity index (χ1) is 28.3. The molecule has 6 heterocycles. The van der Waals surface area contributed by atoms with Crippen LogP contribution >= 0.6 is 0 Å². The van der Waals surface area contributed by atoms with E-state index >= 15 is 0 Å². The molecule has 2 saturated carbocycles.